The van der Waals surface area contributed by atoms with Crippen molar-refractivity contribution in [2.45, 2.75) is 58.7 Å². The fourth-order valence-corrected chi connectivity index (χ4v) is 5.45. The fourth-order valence-electron chi connectivity index (χ4n) is 4.88. The summed E-state index contributed by atoms with van der Waals surface area (Å²) in [6, 6.07) is 17.3. The van der Waals surface area contributed by atoms with E-state index in [4.69, 9.17) is 27.9 Å². The summed E-state index contributed by atoms with van der Waals surface area (Å²) >= 11 is 12.5. The second-order valence-electron chi connectivity index (χ2n) is 10.5. The van der Waals surface area contributed by atoms with Crippen LogP contribution in [0.4, 0.5) is 0 Å². The van der Waals surface area contributed by atoms with Crippen LogP contribution in [0, 0.1) is 6.92 Å². The Hall–Kier alpha value is -3.10. The van der Waals surface area contributed by atoms with Crippen LogP contribution in [-0.2, 0) is 13.0 Å². The van der Waals surface area contributed by atoms with Crippen molar-refractivity contribution in [1.29, 1.82) is 0 Å². The van der Waals surface area contributed by atoms with E-state index < -0.39 is 12.1 Å². The first-order valence-electron chi connectivity index (χ1n) is 14.3. The number of hydrogen-bond acceptors (Lipinski definition) is 5. The van der Waals surface area contributed by atoms with Gasteiger partial charge in [0.25, 0.3) is 11.8 Å². The van der Waals surface area contributed by atoms with Gasteiger partial charge in [-0.05, 0) is 91.4 Å². The van der Waals surface area contributed by atoms with Gasteiger partial charge in [-0.2, -0.15) is 0 Å². The third kappa shape index (κ3) is 10.0. The van der Waals surface area contributed by atoms with Gasteiger partial charge in [-0.1, -0.05) is 49.2 Å². The number of nitrogens with one attached hydrogen (secondary N) is 2. The maximum absolute atomic E-state index is 13.6. The second-order valence-corrected chi connectivity index (χ2v) is 11.4. The SMILES string of the molecule is CCCN(CCC)C(=O)c1cc(C)cc(C(=O)N[C@@H](Cc2cc(Cl)cc(Cl)c2)[C@H](O)CNCc2cccc(OC)c2)c1. The van der Waals surface area contributed by atoms with Gasteiger partial charge in [0.1, 0.15) is 5.75 Å². The van der Waals surface area contributed by atoms with Crippen molar-refractivity contribution in [1.82, 2.24) is 15.5 Å². The van der Waals surface area contributed by atoms with Crippen molar-refractivity contribution < 1.29 is 19.4 Å². The van der Waals surface area contributed by atoms with Crippen LogP contribution in [0.25, 0.3) is 0 Å². The number of carbonyl (C=O) groups excluding carboxylic acids is 2. The predicted molar refractivity (Wildman–Crippen MR) is 170 cm³/mol. The van der Waals surface area contributed by atoms with Gasteiger partial charge in [-0.15, -0.1) is 0 Å². The second kappa shape index (κ2) is 16.5. The number of rotatable bonds is 15. The summed E-state index contributed by atoms with van der Waals surface area (Å²) in [5.41, 5.74) is 3.41. The van der Waals surface area contributed by atoms with Crippen molar-refractivity contribution in [3.8, 4) is 5.75 Å². The molecule has 42 heavy (non-hydrogen) atoms. The van der Waals surface area contributed by atoms with Gasteiger partial charge < -0.3 is 25.4 Å². The van der Waals surface area contributed by atoms with Gasteiger partial charge in [0.15, 0.2) is 0 Å². The minimum Gasteiger partial charge on any atom is -0.497 e. The van der Waals surface area contributed by atoms with Crippen molar-refractivity contribution in [2.75, 3.05) is 26.7 Å². The fraction of sp³-hybridized carbons (Fsp3) is 0.394. The first kappa shape index (κ1) is 33.4. The quantitative estimate of drug-likeness (QED) is 0.194. The summed E-state index contributed by atoms with van der Waals surface area (Å²) in [5.74, 6) is 0.278. The number of methoxy groups -OCH3 is 1. The molecule has 3 N–H and O–H groups in total. The number of amides is 2. The normalized spacial score (nSPS) is 12.5. The molecule has 0 aliphatic carbocycles. The summed E-state index contributed by atoms with van der Waals surface area (Å²) in [6.45, 7) is 7.97. The smallest absolute Gasteiger partial charge is 0.253 e. The van der Waals surface area contributed by atoms with Crippen LogP contribution in [0.1, 0.15) is 64.1 Å². The Morgan fingerprint density at radius 1 is 0.929 bits per heavy atom. The first-order chi connectivity index (χ1) is 20.1. The van der Waals surface area contributed by atoms with Crippen LogP contribution >= 0.6 is 23.2 Å². The average Bonchev–Trinajstić information content (AvgIpc) is 2.95. The lowest BCUT2D eigenvalue weighted by molar-refractivity contribution is 0.0755. The van der Waals surface area contributed by atoms with E-state index in [1.165, 1.54) is 0 Å². The Balaban J connectivity index is 1.80. The standard InChI is InChI=1S/C33H41Cl2N3O4/c1-5-10-38(11-6-2)33(41)26-13-22(3)12-25(18-26)32(40)37-30(17-24-14-27(34)19-28(35)15-24)31(39)21-36-20-23-8-7-9-29(16-23)42-4/h7-9,12-16,18-19,30-31,36,39H,5-6,10-11,17,20-21H2,1-4H3,(H,37,40)/t30-,31+/m0/s1. The molecule has 3 aromatic carbocycles. The zero-order chi connectivity index (χ0) is 30.6. The molecule has 0 heterocycles. The summed E-state index contributed by atoms with van der Waals surface area (Å²) < 4.78 is 5.29. The molecule has 0 bridgehead atoms. The Labute approximate surface area is 259 Å². The number of aliphatic hydroxyl groups is 1. The minimum absolute atomic E-state index is 0.0941. The number of ether oxygens (including phenoxy) is 1. The Morgan fingerprint density at radius 2 is 1.60 bits per heavy atom. The van der Waals surface area contributed by atoms with Crippen LogP contribution in [0.5, 0.6) is 5.75 Å². The number of hydrogen-bond donors (Lipinski definition) is 3. The number of carbonyl (C=O) groups is 2. The highest BCUT2D eigenvalue weighted by molar-refractivity contribution is 6.34. The monoisotopic (exact) mass is 613 g/mol. The van der Waals surface area contributed by atoms with Crippen LogP contribution in [0.15, 0.2) is 60.7 Å². The lowest BCUT2D eigenvalue weighted by Gasteiger charge is -2.26. The van der Waals surface area contributed by atoms with Gasteiger partial charge >= 0.3 is 0 Å². The van der Waals surface area contributed by atoms with Gasteiger partial charge in [-0.25, -0.2) is 0 Å². The number of halogens is 2. The molecular weight excluding hydrogens is 573 g/mol. The van der Waals surface area contributed by atoms with Crippen molar-refractivity contribution in [3.05, 3.63) is 98.5 Å². The van der Waals surface area contributed by atoms with Crippen LogP contribution in [0.3, 0.4) is 0 Å². The number of benzene rings is 3. The van der Waals surface area contributed by atoms with Crippen molar-refractivity contribution in [3.63, 3.8) is 0 Å². The molecule has 226 valence electrons. The highest BCUT2D eigenvalue weighted by Crippen LogP contribution is 2.21. The van der Waals surface area contributed by atoms with Crippen LogP contribution < -0.4 is 15.4 Å². The van der Waals surface area contributed by atoms with Gasteiger partial charge in [-0.3, -0.25) is 9.59 Å². The zero-order valence-electron chi connectivity index (χ0n) is 24.8. The molecule has 7 nitrogen and oxygen atoms in total. The summed E-state index contributed by atoms with van der Waals surface area (Å²) in [5, 5.41) is 18.5. The molecule has 2 amide bonds. The molecule has 0 aliphatic rings. The molecule has 0 unspecified atom stereocenters. The van der Waals surface area contributed by atoms with Crippen LogP contribution in [-0.4, -0.2) is 60.7 Å². The molecule has 2 atom stereocenters. The highest BCUT2D eigenvalue weighted by atomic mass is 35.5. The molecule has 0 saturated heterocycles. The van der Waals surface area contributed by atoms with Gasteiger partial charge in [0.2, 0.25) is 0 Å². The third-order valence-electron chi connectivity index (χ3n) is 6.84. The topological polar surface area (TPSA) is 90.9 Å². The highest BCUT2D eigenvalue weighted by Gasteiger charge is 2.24. The van der Waals surface area contributed by atoms with Gasteiger partial charge in [0, 0.05) is 47.4 Å². The van der Waals surface area contributed by atoms with Crippen LogP contribution in [0.2, 0.25) is 10.0 Å². The zero-order valence-corrected chi connectivity index (χ0v) is 26.3. The lowest BCUT2D eigenvalue weighted by Crippen LogP contribution is -2.48. The van der Waals surface area contributed by atoms with E-state index in [0.29, 0.717) is 47.2 Å². The molecule has 0 aliphatic heterocycles. The van der Waals surface area contributed by atoms with Crippen molar-refractivity contribution >= 4 is 35.0 Å². The van der Waals surface area contributed by atoms with E-state index in [2.05, 4.69) is 10.6 Å². The Morgan fingerprint density at radius 3 is 2.24 bits per heavy atom. The molecule has 9 heteroatoms. The van der Waals surface area contributed by atoms with E-state index in [1.807, 2.05) is 49.9 Å². The van der Waals surface area contributed by atoms with E-state index in [1.54, 1.807) is 43.5 Å². The molecule has 0 fully saturated rings. The predicted octanol–water partition coefficient (Wildman–Crippen LogP) is 6.06. The Kier molecular flexibility index (Phi) is 13.1. The molecular formula is C33H41Cl2N3O4. The summed E-state index contributed by atoms with van der Waals surface area (Å²) in [4.78, 5) is 28.7. The summed E-state index contributed by atoms with van der Waals surface area (Å²) in [7, 11) is 1.62. The maximum atomic E-state index is 13.6. The largest absolute Gasteiger partial charge is 0.497 e. The molecule has 0 radical (unpaired) electrons. The maximum Gasteiger partial charge on any atom is 0.253 e. The van der Waals surface area contributed by atoms with Crippen molar-refractivity contribution in [2.24, 2.45) is 0 Å². The number of aliphatic hydroxyl groups excluding tert-OH is 1. The van der Waals surface area contributed by atoms with E-state index in [-0.39, 0.29) is 18.4 Å². The number of nitrogens with zero attached hydrogens (tertiary/aromatic N) is 1. The van der Waals surface area contributed by atoms with E-state index in [9.17, 15) is 14.7 Å². The molecule has 0 aromatic heterocycles. The number of aryl methyl sites for hydroxylation is 1. The molecule has 3 rings (SSSR count). The third-order valence-corrected chi connectivity index (χ3v) is 7.27. The summed E-state index contributed by atoms with van der Waals surface area (Å²) in [6.07, 6.45) is 1.06. The van der Waals surface area contributed by atoms with Gasteiger partial charge in [0.05, 0.1) is 19.3 Å². The molecule has 0 spiro atoms. The molecule has 0 saturated carbocycles. The minimum atomic E-state index is -0.937. The van der Waals surface area contributed by atoms with E-state index >= 15 is 0 Å². The first-order valence-corrected chi connectivity index (χ1v) is 15.1. The van der Waals surface area contributed by atoms with E-state index in [0.717, 1.165) is 35.3 Å². The Bertz CT molecular complexity index is 1320. The average molecular weight is 615 g/mol. The lowest BCUT2D eigenvalue weighted by atomic mass is 9.99. The molecule has 3 aromatic rings.